The maximum atomic E-state index is 14.6. The van der Waals surface area contributed by atoms with Crippen LogP contribution in [-0.2, 0) is 20.2 Å². The number of hydrogen-bond acceptors (Lipinski definition) is 7. The van der Waals surface area contributed by atoms with Crippen molar-refractivity contribution in [2.45, 2.75) is 106 Å². The van der Waals surface area contributed by atoms with Gasteiger partial charge >= 0.3 is 0 Å². The lowest BCUT2D eigenvalue weighted by molar-refractivity contribution is -0.211. The van der Waals surface area contributed by atoms with E-state index in [2.05, 4.69) is 10.3 Å². The van der Waals surface area contributed by atoms with Gasteiger partial charge in [-0.3, -0.25) is 4.79 Å². The van der Waals surface area contributed by atoms with Crippen molar-refractivity contribution < 1.29 is 22.1 Å². The van der Waals surface area contributed by atoms with Gasteiger partial charge < -0.3 is 9.42 Å². The summed E-state index contributed by atoms with van der Waals surface area (Å²) in [6.07, 6.45) is 13.6. The van der Waals surface area contributed by atoms with Crippen molar-refractivity contribution in [3.05, 3.63) is 48.4 Å². The van der Waals surface area contributed by atoms with Crippen LogP contribution in [0.1, 0.15) is 101 Å². The average Bonchev–Trinajstić information content (AvgIpc) is 3.92. The van der Waals surface area contributed by atoms with E-state index >= 15 is 0 Å². The molecule has 11 rings (SSSR count). The van der Waals surface area contributed by atoms with Crippen LogP contribution in [0.4, 0.5) is 10.1 Å². The molecule has 0 atom stereocenters. The van der Waals surface area contributed by atoms with Gasteiger partial charge in [-0.1, -0.05) is 17.3 Å². The zero-order valence-electron chi connectivity index (χ0n) is 24.2. The summed E-state index contributed by atoms with van der Waals surface area (Å²) in [5.41, 5.74) is 0.427. The molecule has 226 valence electrons. The van der Waals surface area contributed by atoms with E-state index in [1.54, 1.807) is 12.4 Å². The third-order valence-electron chi connectivity index (χ3n) is 11.7. The number of fused-ring (bicyclic) bond motifs is 3. The van der Waals surface area contributed by atoms with Crippen LogP contribution >= 0.6 is 0 Å². The SMILES string of the molecule is O=C(N(CC12CCC(c3nc(C4CC4)no3)(CC1)CC2)c1cccc(-c2cnn(S(=O)(=O)C3CC3)c2)c1)C12CC(F)(C1)C2. The Morgan fingerprint density at radius 1 is 1.02 bits per heavy atom. The minimum absolute atomic E-state index is 0.0209. The highest BCUT2D eigenvalue weighted by Gasteiger charge is 2.73. The lowest BCUT2D eigenvalue weighted by Gasteiger charge is -2.65. The predicted molar refractivity (Wildman–Crippen MR) is 156 cm³/mol. The van der Waals surface area contributed by atoms with Crippen molar-refractivity contribution in [2.24, 2.45) is 10.8 Å². The molecule has 4 bridgehead atoms. The monoisotopic (exact) mass is 605 g/mol. The number of nitrogens with zero attached hydrogens (tertiary/aromatic N) is 5. The number of carbonyl (C=O) groups excluding carboxylic acids is 1. The molecule has 8 saturated carbocycles. The number of anilines is 1. The fourth-order valence-electron chi connectivity index (χ4n) is 8.54. The third kappa shape index (κ3) is 4.02. The molecule has 0 N–H and O–H groups in total. The van der Waals surface area contributed by atoms with E-state index in [0.717, 1.165) is 78.4 Å². The molecule has 0 aliphatic heterocycles. The Bertz CT molecular complexity index is 1710. The first-order valence-electron chi connectivity index (χ1n) is 15.8. The lowest BCUT2D eigenvalue weighted by Crippen LogP contribution is -2.71. The molecule has 8 aliphatic carbocycles. The average molecular weight is 606 g/mol. The van der Waals surface area contributed by atoms with E-state index in [4.69, 9.17) is 9.51 Å². The maximum Gasteiger partial charge on any atom is 0.256 e. The number of amides is 1. The molecule has 8 fully saturated rings. The van der Waals surface area contributed by atoms with Crippen LogP contribution in [-0.4, -0.2) is 51.1 Å². The van der Waals surface area contributed by atoms with E-state index in [-0.39, 0.29) is 22.0 Å². The van der Waals surface area contributed by atoms with Crippen molar-refractivity contribution in [1.29, 1.82) is 0 Å². The molecule has 2 aromatic heterocycles. The van der Waals surface area contributed by atoms with Gasteiger partial charge in [0.25, 0.3) is 10.0 Å². The smallest absolute Gasteiger partial charge is 0.256 e. The topological polar surface area (TPSA) is 111 Å². The Balaban J connectivity index is 0.998. The second kappa shape index (κ2) is 8.55. The third-order valence-corrected chi connectivity index (χ3v) is 13.7. The molecule has 9 nitrogen and oxygen atoms in total. The van der Waals surface area contributed by atoms with Gasteiger partial charge in [0.05, 0.1) is 23.1 Å². The summed E-state index contributed by atoms with van der Waals surface area (Å²) in [4.78, 5) is 21.0. The van der Waals surface area contributed by atoms with Gasteiger partial charge in [0.15, 0.2) is 5.82 Å². The standard InChI is InChI=1S/C32H36FN5O4S/c33-32-17-31(18-32,19-32)28(39)37(24-3-1-2-22(14-24)23-15-34-38(16-23)43(40,41)25-6-7-25)20-29-8-11-30(12-9-29,13-10-29)27-35-26(36-42-27)21-4-5-21/h1-3,14-16,21,25H,4-13,17-20H2. The van der Waals surface area contributed by atoms with Gasteiger partial charge in [0, 0.05) is 29.1 Å². The summed E-state index contributed by atoms with van der Waals surface area (Å²) in [6.45, 7) is 0.596. The van der Waals surface area contributed by atoms with Crippen molar-refractivity contribution >= 4 is 21.6 Å². The van der Waals surface area contributed by atoms with Gasteiger partial charge in [0.2, 0.25) is 11.8 Å². The Kier molecular flexibility index (Phi) is 5.23. The second-order valence-corrected chi connectivity index (χ2v) is 16.8. The van der Waals surface area contributed by atoms with E-state index in [1.807, 2.05) is 29.2 Å². The first-order valence-corrected chi connectivity index (χ1v) is 17.4. The highest BCUT2D eigenvalue weighted by molar-refractivity contribution is 7.90. The Labute approximate surface area is 250 Å². The van der Waals surface area contributed by atoms with Crippen LogP contribution in [0.25, 0.3) is 11.1 Å². The van der Waals surface area contributed by atoms with E-state index in [1.165, 1.54) is 0 Å². The minimum Gasteiger partial charge on any atom is -0.339 e. The first kappa shape index (κ1) is 26.3. The van der Waals surface area contributed by atoms with Crippen LogP contribution < -0.4 is 4.90 Å². The van der Waals surface area contributed by atoms with Crippen LogP contribution in [0.5, 0.6) is 0 Å². The summed E-state index contributed by atoms with van der Waals surface area (Å²) in [5, 5.41) is 8.11. The van der Waals surface area contributed by atoms with E-state index < -0.39 is 21.1 Å². The molecular weight excluding hydrogens is 569 g/mol. The van der Waals surface area contributed by atoms with Crippen LogP contribution in [0.15, 0.2) is 41.2 Å². The predicted octanol–water partition coefficient (Wildman–Crippen LogP) is 5.67. The fourth-order valence-corrected chi connectivity index (χ4v) is 10.0. The molecule has 8 aliphatic rings. The Morgan fingerprint density at radius 3 is 2.40 bits per heavy atom. The number of rotatable bonds is 9. The summed E-state index contributed by atoms with van der Waals surface area (Å²) in [5.74, 6) is 2.16. The molecule has 0 radical (unpaired) electrons. The number of carbonyl (C=O) groups is 1. The van der Waals surface area contributed by atoms with Gasteiger partial charge in [-0.2, -0.15) is 14.2 Å². The maximum absolute atomic E-state index is 14.6. The number of benzene rings is 1. The van der Waals surface area contributed by atoms with Crippen molar-refractivity contribution in [1.82, 2.24) is 19.3 Å². The summed E-state index contributed by atoms with van der Waals surface area (Å²) >= 11 is 0. The molecule has 2 heterocycles. The van der Waals surface area contributed by atoms with Gasteiger partial charge in [0.1, 0.15) is 5.67 Å². The largest absolute Gasteiger partial charge is 0.339 e. The molecule has 1 aromatic carbocycles. The van der Waals surface area contributed by atoms with Crippen molar-refractivity contribution in [3.8, 4) is 11.1 Å². The summed E-state index contributed by atoms with van der Waals surface area (Å²) in [6, 6.07) is 7.74. The zero-order valence-corrected chi connectivity index (χ0v) is 25.0. The van der Waals surface area contributed by atoms with Gasteiger partial charge in [-0.25, -0.2) is 12.8 Å². The fraction of sp³-hybridized carbons (Fsp3) is 0.625. The van der Waals surface area contributed by atoms with Crippen LogP contribution in [0, 0.1) is 10.8 Å². The molecule has 3 aromatic rings. The normalized spacial score (nSPS) is 34.4. The second-order valence-electron chi connectivity index (χ2n) is 14.8. The Morgan fingerprint density at radius 2 is 1.74 bits per heavy atom. The molecular formula is C32H36FN5O4S. The zero-order chi connectivity index (χ0) is 29.2. The molecule has 1 amide bonds. The number of aromatic nitrogens is 4. The molecule has 0 unspecified atom stereocenters. The Hall–Kier alpha value is -3.08. The lowest BCUT2D eigenvalue weighted by atomic mass is 9.41. The summed E-state index contributed by atoms with van der Waals surface area (Å²) < 4.78 is 47.0. The number of alkyl halides is 1. The number of hydrogen-bond donors (Lipinski definition) is 0. The minimum atomic E-state index is -3.47. The summed E-state index contributed by atoms with van der Waals surface area (Å²) in [7, 11) is -3.47. The van der Waals surface area contributed by atoms with Crippen LogP contribution in [0.3, 0.4) is 0 Å². The van der Waals surface area contributed by atoms with Gasteiger partial charge in [-0.15, -0.1) is 0 Å². The highest BCUT2D eigenvalue weighted by Crippen LogP contribution is 2.70. The van der Waals surface area contributed by atoms with Crippen LogP contribution in [0.2, 0.25) is 0 Å². The van der Waals surface area contributed by atoms with Crippen molar-refractivity contribution in [2.75, 3.05) is 11.4 Å². The molecule has 0 saturated heterocycles. The molecule has 0 spiro atoms. The first-order chi connectivity index (χ1) is 20.6. The molecule has 43 heavy (non-hydrogen) atoms. The van der Waals surface area contributed by atoms with Crippen molar-refractivity contribution in [3.63, 3.8) is 0 Å². The van der Waals surface area contributed by atoms with E-state index in [0.29, 0.717) is 50.1 Å². The van der Waals surface area contributed by atoms with Gasteiger partial charge in [-0.05, 0) is 107 Å². The quantitative estimate of drug-likeness (QED) is 0.309. The highest BCUT2D eigenvalue weighted by atomic mass is 32.2. The molecule has 11 heteroatoms. The van der Waals surface area contributed by atoms with E-state index in [9.17, 15) is 17.6 Å². The number of halogens is 1.